The topological polar surface area (TPSA) is 130 Å². The smallest absolute Gasteiger partial charge is 0.335 e. The molecule has 6 fully saturated rings. The molecule has 0 aromatic rings. The molecule has 42 heavy (non-hydrogen) atoms. The largest absolute Gasteiger partial charge is 0.458 e. The van der Waals surface area contributed by atoms with Crippen LogP contribution in [0.25, 0.3) is 0 Å². The maximum Gasteiger partial charge on any atom is 0.335 e. The Hall–Kier alpha value is -2.27. The molecule has 10 nitrogen and oxygen atoms in total. The number of fused-ring (bicyclic) bond motifs is 1. The summed E-state index contributed by atoms with van der Waals surface area (Å²) in [6, 6.07) is 0. The predicted molar refractivity (Wildman–Crippen MR) is 149 cm³/mol. The van der Waals surface area contributed by atoms with Gasteiger partial charge in [0.2, 0.25) is 6.29 Å². The monoisotopic (exact) mass is 590 g/mol. The molecular weight excluding hydrogens is 544 g/mol. The fourth-order valence-electron chi connectivity index (χ4n) is 8.34. The van der Waals surface area contributed by atoms with Gasteiger partial charge in [-0.1, -0.05) is 26.0 Å². The van der Waals surface area contributed by atoms with E-state index in [9.17, 15) is 19.5 Å². The van der Waals surface area contributed by atoms with Crippen LogP contribution >= 0.6 is 0 Å². The van der Waals surface area contributed by atoms with Gasteiger partial charge in [0.25, 0.3) is 0 Å². The third-order valence-electron chi connectivity index (χ3n) is 11.2. The van der Waals surface area contributed by atoms with Crippen molar-refractivity contribution in [3.05, 3.63) is 23.3 Å². The summed E-state index contributed by atoms with van der Waals surface area (Å²) < 4.78 is 36.8. The van der Waals surface area contributed by atoms with Gasteiger partial charge in [0.05, 0.1) is 19.3 Å². The van der Waals surface area contributed by atoms with Gasteiger partial charge in [-0.15, -0.1) is 0 Å². The van der Waals surface area contributed by atoms with Gasteiger partial charge in [-0.05, 0) is 64.7 Å². The van der Waals surface area contributed by atoms with E-state index in [1.165, 1.54) is 6.92 Å². The van der Waals surface area contributed by atoms with E-state index in [4.69, 9.17) is 28.4 Å². The van der Waals surface area contributed by atoms with Crippen molar-refractivity contribution in [3.8, 4) is 0 Å². The number of aliphatic hydroxyl groups is 1. The van der Waals surface area contributed by atoms with E-state index < -0.39 is 59.1 Å². The van der Waals surface area contributed by atoms with Crippen molar-refractivity contribution < 1.29 is 47.9 Å². The predicted octanol–water partition coefficient (Wildman–Crippen LogP) is 3.99. The zero-order valence-corrected chi connectivity index (χ0v) is 25.8. The van der Waals surface area contributed by atoms with Crippen LogP contribution in [-0.4, -0.2) is 72.7 Å². The van der Waals surface area contributed by atoms with Crippen molar-refractivity contribution >= 4 is 17.9 Å². The maximum absolute atomic E-state index is 13.3. The first kappa shape index (κ1) is 31.2. The molecule has 0 aromatic heterocycles. The van der Waals surface area contributed by atoms with Crippen LogP contribution in [0.15, 0.2) is 23.3 Å². The SMILES string of the molecule is C/C=C(\C)C(=O)O[C@@H]1[C@@H](C)[C@@](C)(CC[C@H]2CCOC2O)[C@H]2C[C@@H]3C[C@]4(CO4)[C@]2([C@@H](OC(=O)/C(C)=C/C)O3)[C@H]1OC(C)=O. The summed E-state index contributed by atoms with van der Waals surface area (Å²) in [6.45, 7) is 13.4. The summed E-state index contributed by atoms with van der Waals surface area (Å²) in [4.78, 5) is 39.4. The summed E-state index contributed by atoms with van der Waals surface area (Å²) in [5, 5.41) is 10.5. The molecule has 4 heterocycles. The Bertz CT molecular complexity index is 1160. The molecule has 2 aliphatic carbocycles. The molecular formula is C32H46O10. The van der Waals surface area contributed by atoms with Crippen LogP contribution in [0.3, 0.4) is 0 Å². The zero-order chi connectivity index (χ0) is 30.6. The normalized spacial score (nSPS) is 44.5. The van der Waals surface area contributed by atoms with Crippen molar-refractivity contribution in [1.82, 2.24) is 0 Å². The van der Waals surface area contributed by atoms with Gasteiger partial charge in [-0.25, -0.2) is 9.59 Å². The van der Waals surface area contributed by atoms with E-state index in [0.717, 1.165) is 6.42 Å². The minimum atomic E-state index is -1.13. The Morgan fingerprint density at radius 2 is 1.67 bits per heavy atom. The highest BCUT2D eigenvalue weighted by atomic mass is 16.7. The molecule has 2 bridgehead atoms. The van der Waals surface area contributed by atoms with E-state index >= 15 is 0 Å². The van der Waals surface area contributed by atoms with Gasteiger partial charge in [0, 0.05) is 36.3 Å². The second kappa shape index (κ2) is 11.3. The molecule has 11 atom stereocenters. The summed E-state index contributed by atoms with van der Waals surface area (Å²) in [5.41, 5.74) is -1.53. The van der Waals surface area contributed by atoms with Crippen LogP contribution in [0, 0.1) is 28.6 Å². The third-order valence-corrected chi connectivity index (χ3v) is 11.2. The van der Waals surface area contributed by atoms with Crippen LogP contribution in [0.1, 0.15) is 80.6 Å². The minimum Gasteiger partial charge on any atom is -0.458 e. The zero-order valence-electron chi connectivity index (χ0n) is 25.8. The summed E-state index contributed by atoms with van der Waals surface area (Å²) in [7, 11) is 0. The first-order valence-electron chi connectivity index (χ1n) is 15.3. The number of hydrogen-bond acceptors (Lipinski definition) is 10. The van der Waals surface area contributed by atoms with Crippen molar-refractivity contribution in [2.45, 2.75) is 117 Å². The molecule has 4 aliphatic heterocycles. The summed E-state index contributed by atoms with van der Waals surface area (Å²) in [6.07, 6.45) is 2.75. The number of rotatable bonds is 8. The van der Waals surface area contributed by atoms with E-state index in [-0.39, 0.29) is 23.9 Å². The second-order valence-electron chi connectivity index (χ2n) is 13.2. The highest BCUT2D eigenvalue weighted by Crippen LogP contribution is 2.74. The summed E-state index contributed by atoms with van der Waals surface area (Å²) in [5.74, 6) is -1.99. The van der Waals surface area contributed by atoms with E-state index in [2.05, 4.69) is 6.92 Å². The number of epoxide rings is 1. The van der Waals surface area contributed by atoms with Crippen LogP contribution in [0.2, 0.25) is 0 Å². The number of ether oxygens (including phenoxy) is 6. The fourth-order valence-corrected chi connectivity index (χ4v) is 8.34. The fraction of sp³-hybridized carbons (Fsp3) is 0.781. The Morgan fingerprint density at radius 3 is 2.21 bits per heavy atom. The van der Waals surface area contributed by atoms with E-state index in [1.807, 2.05) is 6.92 Å². The average Bonchev–Trinajstić information content (AvgIpc) is 3.59. The second-order valence-corrected chi connectivity index (χ2v) is 13.2. The Balaban J connectivity index is 1.66. The van der Waals surface area contributed by atoms with Gasteiger partial charge in [-0.2, -0.15) is 0 Å². The molecule has 234 valence electrons. The van der Waals surface area contributed by atoms with Crippen molar-refractivity contribution in [3.63, 3.8) is 0 Å². The molecule has 1 unspecified atom stereocenters. The van der Waals surface area contributed by atoms with E-state index in [0.29, 0.717) is 50.0 Å². The van der Waals surface area contributed by atoms with Crippen molar-refractivity contribution in [2.75, 3.05) is 13.2 Å². The number of carbonyl (C=O) groups is 3. The number of allylic oxidation sites excluding steroid dienone is 2. The van der Waals surface area contributed by atoms with Crippen molar-refractivity contribution in [2.24, 2.45) is 28.6 Å². The van der Waals surface area contributed by atoms with Crippen LogP contribution in [0.5, 0.6) is 0 Å². The number of hydrogen-bond donors (Lipinski definition) is 1. The van der Waals surface area contributed by atoms with Gasteiger partial charge >= 0.3 is 17.9 Å². The molecule has 0 amide bonds. The lowest BCUT2D eigenvalue weighted by Crippen LogP contribution is -2.79. The molecule has 0 aromatic carbocycles. The Kier molecular flexibility index (Phi) is 8.41. The van der Waals surface area contributed by atoms with Gasteiger partial charge in [0.1, 0.15) is 17.1 Å². The quantitative estimate of drug-likeness (QED) is 0.192. The molecule has 1 N–H and O–H groups in total. The molecule has 10 heteroatoms. The number of esters is 3. The lowest BCUT2D eigenvalue weighted by molar-refractivity contribution is -0.381. The highest BCUT2D eigenvalue weighted by Gasteiger charge is 2.84. The molecule has 6 aliphatic rings. The van der Waals surface area contributed by atoms with Crippen LogP contribution in [-0.2, 0) is 42.8 Å². The first-order chi connectivity index (χ1) is 19.8. The molecule has 2 saturated carbocycles. The third kappa shape index (κ3) is 4.82. The van der Waals surface area contributed by atoms with Crippen LogP contribution < -0.4 is 0 Å². The minimum absolute atomic E-state index is 0.0171. The van der Waals surface area contributed by atoms with Gasteiger partial charge in [-0.3, -0.25) is 4.79 Å². The van der Waals surface area contributed by atoms with Crippen molar-refractivity contribution in [1.29, 1.82) is 0 Å². The molecule has 6 rings (SSSR count). The first-order valence-corrected chi connectivity index (χ1v) is 15.3. The van der Waals surface area contributed by atoms with Gasteiger partial charge < -0.3 is 33.5 Å². The molecule has 0 radical (unpaired) electrons. The van der Waals surface area contributed by atoms with E-state index in [1.54, 1.807) is 39.8 Å². The lowest BCUT2D eigenvalue weighted by Gasteiger charge is -2.69. The lowest BCUT2D eigenvalue weighted by atomic mass is 9.40. The number of carbonyl (C=O) groups excluding carboxylic acids is 3. The molecule has 4 saturated heterocycles. The Morgan fingerprint density at radius 1 is 1.02 bits per heavy atom. The summed E-state index contributed by atoms with van der Waals surface area (Å²) >= 11 is 0. The average molecular weight is 591 g/mol. The van der Waals surface area contributed by atoms with Gasteiger partial charge in [0.15, 0.2) is 12.4 Å². The Labute approximate surface area is 248 Å². The highest BCUT2D eigenvalue weighted by molar-refractivity contribution is 5.88. The van der Waals surface area contributed by atoms with Crippen LogP contribution in [0.4, 0.5) is 0 Å². The standard InChI is InChI=1S/C32H46O10/c1-8-17(3)26(34)41-24-19(5)30(7,12-10-21-11-13-37-28(21)36)23-14-22-15-31(16-38-31)32(23,25(24)39-20(6)33)29(40-22)42-27(35)18(4)9-2/h8-9,19,21-25,28-29,36H,10-16H2,1-7H3/b17-8+,18-9+/t19-,21+,22-,23-,24-,25+,28?,29-,30-,31+,32+/m1/s1. The number of aliphatic hydroxyl groups excluding tert-OH is 1. The maximum atomic E-state index is 13.3. The molecule has 2 spiro atoms.